The molecule has 0 radical (unpaired) electrons. The van der Waals surface area contributed by atoms with Crippen molar-refractivity contribution in [3.05, 3.63) is 82.0 Å². The van der Waals surface area contributed by atoms with Crippen LogP contribution in [0.15, 0.2) is 66.0 Å². The van der Waals surface area contributed by atoms with Crippen LogP contribution in [-0.2, 0) is 20.9 Å². The van der Waals surface area contributed by atoms with Crippen LogP contribution < -0.4 is 10.2 Å². The van der Waals surface area contributed by atoms with Crippen molar-refractivity contribution in [2.45, 2.75) is 32.9 Å². The predicted molar refractivity (Wildman–Crippen MR) is 127 cm³/mol. The van der Waals surface area contributed by atoms with Gasteiger partial charge in [0.15, 0.2) is 0 Å². The Kier molecular flexibility index (Phi) is 6.37. The fraction of sp³-hybridized carbons (Fsp3) is 0.200. The van der Waals surface area contributed by atoms with E-state index in [1.54, 1.807) is 36.4 Å². The lowest BCUT2D eigenvalue weighted by Gasteiger charge is -2.27. The summed E-state index contributed by atoms with van der Waals surface area (Å²) in [5.41, 5.74) is 2.94. The number of amides is 4. The molecule has 2 heterocycles. The van der Waals surface area contributed by atoms with Crippen molar-refractivity contribution in [1.82, 2.24) is 4.90 Å². The van der Waals surface area contributed by atoms with E-state index in [4.69, 9.17) is 0 Å². The van der Waals surface area contributed by atoms with Gasteiger partial charge >= 0.3 is 0 Å². The largest absolute Gasteiger partial charge is 0.326 e. The average molecular weight is 462 g/mol. The van der Waals surface area contributed by atoms with Gasteiger partial charge in [-0.25, -0.2) is 4.90 Å². The second kappa shape index (κ2) is 9.38. The Bertz CT molecular complexity index is 1190. The number of carbonyl (C=O) groups is 4. The lowest BCUT2D eigenvalue weighted by atomic mass is 10.1. The molecule has 4 rings (SSSR count). The molecule has 1 aliphatic rings. The minimum atomic E-state index is -0.900. The third kappa shape index (κ3) is 4.85. The molecule has 0 aliphatic carbocycles. The van der Waals surface area contributed by atoms with Crippen molar-refractivity contribution in [3.8, 4) is 0 Å². The van der Waals surface area contributed by atoms with Crippen LogP contribution >= 0.6 is 11.3 Å². The van der Waals surface area contributed by atoms with Gasteiger partial charge in [-0.1, -0.05) is 35.9 Å². The molecule has 0 spiro atoms. The van der Waals surface area contributed by atoms with Crippen LogP contribution in [0, 0.1) is 6.92 Å². The van der Waals surface area contributed by atoms with Crippen molar-refractivity contribution in [3.63, 3.8) is 0 Å². The minimum Gasteiger partial charge on any atom is -0.326 e. The molecule has 168 valence electrons. The Morgan fingerprint density at radius 1 is 1.06 bits per heavy atom. The fourth-order valence-corrected chi connectivity index (χ4v) is 4.46. The van der Waals surface area contributed by atoms with Crippen molar-refractivity contribution in [1.29, 1.82) is 0 Å². The normalized spacial score (nSPS) is 15.6. The third-order valence-corrected chi connectivity index (χ3v) is 6.27. The molecule has 1 atom stereocenters. The third-order valence-electron chi connectivity index (χ3n) is 5.41. The zero-order valence-electron chi connectivity index (χ0n) is 18.3. The summed E-state index contributed by atoms with van der Waals surface area (Å²) in [6.45, 7) is 3.60. The molecule has 0 saturated carbocycles. The zero-order valence-corrected chi connectivity index (χ0v) is 19.1. The summed E-state index contributed by atoms with van der Waals surface area (Å²) in [5.74, 6) is -1.30. The Hall–Kier alpha value is -3.78. The number of rotatable bonds is 6. The van der Waals surface area contributed by atoms with Crippen LogP contribution in [0.25, 0.3) is 0 Å². The number of nitrogens with zero attached hydrogens (tertiary/aromatic N) is 2. The van der Waals surface area contributed by atoms with E-state index in [0.29, 0.717) is 16.3 Å². The first-order valence-electron chi connectivity index (χ1n) is 10.5. The van der Waals surface area contributed by atoms with E-state index in [9.17, 15) is 19.2 Å². The highest BCUT2D eigenvalue weighted by Gasteiger charge is 2.44. The minimum absolute atomic E-state index is 0.0880. The molecule has 1 saturated heterocycles. The first-order chi connectivity index (χ1) is 15.8. The predicted octanol–water partition coefficient (Wildman–Crippen LogP) is 3.99. The number of thiophene rings is 1. The number of aryl methyl sites for hydroxylation is 1. The number of carbonyl (C=O) groups excluding carboxylic acids is 4. The van der Waals surface area contributed by atoms with E-state index >= 15 is 0 Å². The SMILES string of the molecule is CC(=O)Nc1ccc(N2C(=O)CC(N(Cc3ccc(C)cc3)C(=O)c3cccs3)C2=O)cc1. The maximum Gasteiger partial charge on any atom is 0.264 e. The topological polar surface area (TPSA) is 86.8 Å². The summed E-state index contributed by atoms with van der Waals surface area (Å²) in [4.78, 5) is 53.9. The summed E-state index contributed by atoms with van der Waals surface area (Å²) < 4.78 is 0. The smallest absolute Gasteiger partial charge is 0.264 e. The van der Waals surface area contributed by atoms with Gasteiger partial charge in [0.05, 0.1) is 17.0 Å². The average Bonchev–Trinajstić information content (AvgIpc) is 3.42. The van der Waals surface area contributed by atoms with Gasteiger partial charge in [-0.2, -0.15) is 0 Å². The van der Waals surface area contributed by atoms with Crippen molar-refractivity contribution < 1.29 is 19.2 Å². The molecule has 0 bridgehead atoms. The van der Waals surface area contributed by atoms with Crippen molar-refractivity contribution in [2.24, 2.45) is 0 Å². The Morgan fingerprint density at radius 2 is 1.76 bits per heavy atom. The number of imide groups is 1. The second-order valence-corrected chi connectivity index (χ2v) is 8.86. The molecule has 1 fully saturated rings. The van der Waals surface area contributed by atoms with Gasteiger partial charge in [0.1, 0.15) is 6.04 Å². The van der Waals surface area contributed by atoms with Crippen LogP contribution in [0.2, 0.25) is 0 Å². The number of anilines is 2. The maximum atomic E-state index is 13.4. The summed E-state index contributed by atoms with van der Waals surface area (Å²) in [6.07, 6.45) is -0.0880. The molecule has 4 amide bonds. The van der Waals surface area contributed by atoms with Crippen LogP contribution in [0.1, 0.15) is 34.1 Å². The number of hydrogen-bond acceptors (Lipinski definition) is 5. The molecular weight excluding hydrogens is 438 g/mol. The van der Waals surface area contributed by atoms with Gasteiger partial charge < -0.3 is 10.2 Å². The van der Waals surface area contributed by atoms with E-state index in [0.717, 1.165) is 16.0 Å². The maximum absolute atomic E-state index is 13.4. The molecular formula is C25H23N3O4S. The van der Waals surface area contributed by atoms with Gasteiger partial charge in [-0.15, -0.1) is 11.3 Å². The van der Waals surface area contributed by atoms with Crippen molar-refractivity contribution >= 4 is 46.3 Å². The van der Waals surface area contributed by atoms with E-state index in [1.807, 2.05) is 36.6 Å². The van der Waals surface area contributed by atoms with Crippen LogP contribution in [-0.4, -0.2) is 34.6 Å². The molecule has 2 aromatic carbocycles. The number of nitrogens with one attached hydrogen (secondary N) is 1. The number of benzene rings is 2. The van der Waals surface area contributed by atoms with Gasteiger partial charge in [0.25, 0.3) is 11.8 Å². The lowest BCUT2D eigenvalue weighted by Crippen LogP contribution is -2.44. The van der Waals surface area contributed by atoms with Gasteiger partial charge in [-0.3, -0.25) is 19.2 Å². The highest BCUT2D eigenvalue weighted by atomic mass is 32.1. The molecule has 3 aromatic rings. The van der Waals surface area contributed by atoms with Crippen molar-refractivity contribution in [2.75, 3.05) is 10.2 Å². The molecule has 1 unspecified atom stereocenters. The zero-order chi connectivity index (χ0) is 23.5. The fourth-order valence-electron chi connectivity index (χ4n) is 3.78. The standard InChI is InChI=1S/C25H23N3O4S/c1-16-5-7-18(8-6-16)15-27(25(32)22-4-3-13-33-22)21-14-23(30)28(24(21)31)20-11-9-19(10-12-20)26-17(2)29/h3-13,21H,14-15H2,1-2H3,(H,26,29). The molecule has 7 nitrogen and oxygen atoms in total. The quantitative estimate of drug-likeness (QED) is 0.563. The summed E-state index contributed by atoms with van der Waals surface area (Å²) in [6, 6.07) is 16.8. The Balaban J connectivity index is 1.62. The van der Waals surface area contributed by atoms with E-state index < -0.39 is 11.9 Å². The van der Waals surface area contributed by atoms with E-state index in [-0.39, 0.29) is 30.7 Å². The number of hydrogen-bond donors (Lipinski definition) is 1. The Morgan fingerprint density at radius 3 is 2.36 bits per heavy atom. The first kappa shape index (κ1) is 22.4. The molecule has 1 aliphatic heterocycles. The molecule has 33 heavy (non-hydrogen) atoms. The van der Waals surface area contributed by atoms with E-state index in [1.165, 1.54) is 23.2 Å². The molecule has 8 heteroatoms. The summed E-state index contributed by atoms with van der Waals surface area (Å²) in [7, 11) is 0. The molecule has 1 aromatic heterocycles. The van der Waals surface area contributed by atoms with Gasteiger partial charge in [0.2, 0.25) is 11.8 Å². The van der Waals surface area contributed by atoms with Crippen LogP contribution in [0.3, 0.4) is 0 Å². The monoisotopic (exact) mass is 461 g/mol. The van der Waals surface area contributed by atoms with Crippen LogP contribution in [0.5, 0.6) is 0 Å². The highest BCUT2D eigenvalue weighted by molar-refractivity contribution is 7.12. The summed E-state index contributed by atoms with van der Waals surface area (Å²) in [5, 5.41) is 4.46. The highest BCUT2D eigenvalue weighted by Crippen LogP contribution is 2.29. The second-order valence-electron chi connectivity index (χ2n) is 7.91. The lowest BCUT2D eigenvalue weighted by molar-refractivity contribution is -0.122. The van der Waals surface area contributed by atoms with Crippen LogP contribution in [0.4, 0.5) is 11.4 Å². The van der Waals surface area contributed by atoms with Gasteiger partial charge in [0, 0.05) is 19.2 Å². The molecule has 1 N–H and O–H groups in total. The Labute approximate surface area is 195 Å². The first-order valence-corrected chi connectivity index (χ1v) is 11.4. The van der Waals surface area contributed by atoms with E-state index in [2.05, 4.69) is 5.32 Å². The van der Waals surface area contributed by atoms with Gasteiger partial charge in [-0.05, 0) is 48.2 Å². The summed E-state index contributed by atoms with van der Waals surface area (Å²) >= 11 is 1.30.